The van der Waals surface area contributed by atoms with Gasteiger partial charge in [-0.05, 0) is 25.5 Å². The lowest BCUT2D eigenvalue weighted by molar-refractivity contribution is 0.596. The number of hydrogen-bond donors (Lipinski definition) is 0. The van der Waals surface area contributed by atoms with Gasteiger partial charge in [-0.1, -0.05) is 19.4 Å². The van der Waals surface area contributed by atoms with Crippen LogP contribution >= 0.6 is 0 Å². The smallest absolute Gasteiger partial charge is 0.309 e. The van der Waals surface area contributed by atoms with Crippen LogP contribution in [0.4, 0.5) is 4.39 Å². The second-order valence-electron chi connectivity index (χ2n) is 4.71. The van der Waals surface area contributed by atoms with Crippen LogP contribution in [0.1, 0.15) is 25.3 Å². The summed E-state index contributed by atoms with van der Waals surface area (Å²) in [6.07, 6.45) is 4.87. The Balaban J connectivity index is 2.55. The number of unbranched alkanes of at least 4 members (excludes halogenated alkanes) is 1. The maximum absolute atomic E-state index is 13.5. The molecule has 0 spiro atoms. The zero-order valence-electron chi connectivity index (χ0n) is 11.6. The van der Waals surface area contributed by atoms with Gasteiger partial charge in [-0.2, -0.15) is 0 Å². The molecule has 2 rings (SSSR count). The highest BCUT2D eigenvalue weighted by atomic mass is 19.1. The van der Waals surface area contributed by atoms with Crippen LogP contribution in [-0.4, -0.2) is 9.13 Å². The minimum atomic E-state index is -0.655. The van der Waals surface area contributed by atoms with E-state index in [1.807, 2.05) is 6.92 Å². The predicted molar refractivity (Wildman–Crippen MR) is 75.9 cm³/mol. The zero-order chi connectivity index (χ0) is 14.7. The molecule has 0 N–H and O–H groups in total. The SMILES string of the molecule is CCCCn1ccn(-c2cccc(F)c2C)c(=O)c1=O. The maximum atomic E-state index is 13.5. The number of hydrogen-bond acceptors (Lipinski definition) is 2. The van der Waals surface area contributed by atoms with Gasteiger partial charge in [0.2, 0.25) is 0 Å². The zero-order valence-corrected chi connectivity index (χ0v) is 11.6. The molecule has 5 heteroatoms. The van der Waals surface area contributed by atoms with Gasteiger partial charge < -0.3 is 4.57 Å². The minimum Gasteiger partial charge on any atom is -0.309 e. The second-order valence-corrected chi connectivity index (χ2v) is 4.71. The fourth-order valence-corrected chi connectivity index (χ4v) is 2.06. The summed E-state index contributed by atoms with van der Waals surface area (Å²) in [5.41, 5.74) is -0.489. The molecule has 0 radical (unpaired) electrons. The summed E-state index contributed by atoms with van der Waals surface area (Å²) < 4.78 is 16.1. The van der Waals surface area contributed by atoms with Gasteiger partial charge in [-0.3, -0.25) is 14.2 Å². The Kier molecular flexibility index (Phi) is 4.17. The molecular weight excluding hydrogens is 259 g/mol. The third kappa shape index (κ3) is 2.57. The highest BCUT2D eigenvalue weighted by molar-refractivity contribution is 5.40. The first-order valence-electron chi connectivity index (χ1n) is 6.64. The first-order valence-corrected chi connectivity index (χ1v) is 6.64. The van der Waals surface area contributed by atoms with Crippen molar-refractivity contribution in [2.45, 2.75) is 33.2 Å². The summed E-state index contributed by atoms with van der Waals surface area (Å²) in [5, 5.41) is 0. The van der Waals surface area contributed by atoms with E-state index in [4.69, 9.17) is 0 Å². The van der Waals surface area contributed by atoms with Crippen molar-refractivity contribution in [3.05, 3.63) is 62.7 Å². The Labute approximate surface area is 116 Å². The Bertz CT molecular complexity index is 731. The normalized spacial score (nSPS) is 10.8. The number of rotatable bonds is 4. The van der Waals surface area contributed by atoms with Crippen LogP contribution in [0, 0.1) is 12.7 Å². The van der Waals surface area contributed by atoms with E-state index >= 15 is 0 Å². The molecule has 1 heterocycles. The number of aryl methyl sites for hydroxylation is 1. The average molecular weight is 276 g/mol. The predicted octanol–water partition coefficient (Wildman–Crippen LogP) is 2.25. The Morgan fingerprint density at radius 3 is 2.60 bits per heavy atom. The van der Waals surface area contributed by atoms with E-state index in [2.05, 4.69) is 0 Å². The van der Waals surface area contributed by atoms with Crippen LogP contribution in [0.3, 0.4) is 0 Å². The van der Waals surface area contributed by atoms with Gasteiger partial charge in [0.15, 0.2) is 0 Å². The van der Waals surface area contributed by atoms with Crippen LogP contribution < -0.4 is 11.1 Å². The van der Waals surface area contributed by atoms with E-state index in [-0.39, 0.29) is 0 Å². The fourth-order valence-electron chi connectivity index (χ4n) is 2.06. The molecule has 1 aromatic heterocycles. The van der Waals surface area contributed by atoms with Gasteiger partial charge >= 0.3 is 11.1 Å². The van der Waals surface area contributed by atoms with E-state index in [0.717, 1.165) is 12.8 Å². The first kappa shape index (κ1) is 14.2. The molecule has 0 bridgehead atoms. The quantitative estimate of drug-likeness (QED) is 0.804. The first-order chi connectivity index (χ1) is 9.56. The van der Waals surface area contributed by atoms with Crippen molar-refractivity contribution in [3.8, 4) is 5.69 Å². The van der Waals surface area contributed by atoms with Crippen LogP contribution in [0.15, 0.2) is 40.2 Å². The standard InChI is InChI=1S/C15H17FN2O2/c1-3-4-8-17-9-10-18(15(20)14(17)19)13-7-5-6-12(16)11(13)2/h5-7,9-10H,3-4,8H2,1-2H3. The number of nitrogens with zero attached hydrogens (tertiary/aromatic N) is 2. The number of halogens is 1. The van der Waals surface area contributed by atoms with Gasteiger partial charge in [-0.25, -0.2) is 4.39 Å². The van der Waals surface area contributed by atoms with E-state index < -0.39 is 16.9 Å². The van der Waals surface area contributed by atoms with Crippen molar-refractivity contribution >= 4 is 0 Å². The number of benzene rings is 1. The lowest BCUT2D eigenvalue weighted by atomic mass is 10.2. The van der Waals surface area contributed by atoms with Gasteiger partial charge in [-0.15, -0.1) is 0 Å². The van der Waals surface area contributed by atoms with Crippen LogP contribution in [0.5, 0.6) is 0 Å². The van der Waals surface area contributed by atoms with Crippen molar-refractivity contribution in [1.29, 1.82) is 0 Å². The highest BCUT2D eigenvalue weighted by Crippen LogP contribution is 2.14. The molecule has 4 nitrogen and oxygen atoms in total. The van der Waals surface area contributed by atoms with Crippen molar-refractivity contribution in [3.63, 3.8) is 0 Å². The van der Waals surface area contributed by atoms with E-state index in [1.165, 1.54) is 27.5 Å². The molecule has 0 saturated carbocycles. The van der Waals surface area contributed by atoms with Crippen molar-refractivity contribution in [2.24, 2.45) is 0 Å². The molecule has 0 atom stereocenters. The van der Waals surface area contributed by atoms with Gasteiger partial charge in [0.1, 0.15) is 5.82 Å². The molecule has 0 aliphatic heterocycles. The molecule has 2 aromatic rings. The van der Waals surface area contributed by atoms with E-state index in [1.54, 1.807) is 19.2 Å². The third-order valence-electron chi connectivity index (χ3n) is 3.31. The lowest BCUT2D eigenvalue weighted by Crippen LogP contribution is -2.40. The molecule has 20 heavy (non-hydrogen) atoms. The maximum Gasteiger partial charge on any atom is 0.320 e. The van der Waals surface area contributed by atoms with E-state index in [0.29, 0.717) is 17.8 Å². The topological polar surface area (TPSA) is 44.0 Å². The summed E-state index contributed by atoms with van der Waals surface area (Å²) in [5.74, 6) is -0.399. The molecule has 0 fully saturated rings. The Morgan fingerprint density at radius 1 is 1.15 bits per heavy atom. The van der Waals surface area contributed by atoms with Crippen molar-refractivity contribution in [2.75, 3.05) is 0 Å². The minimum absolute atomic E-state index is 0.348. The van der Waals surface area contributed by atoms with Crippen LogP contribution in [-0.2, 0) is 6.54 Å². The van der Waals surface area contributed by atoms with Gasteiger partial charge in [0.25, 0.3) is 0 Å². The van der Waals surface area contributed by atoms with Crippen molar-refractivity contribution < 1.29 is 4.39 Å². The lowest BCUT2D eigenvalue weighted by Gasteiger charge is -2.11. The molecule has 0 saturated heterocycles. The highest BCUT2D eigenvalue weighted by Gasteiger charge is 2.10. The Morgan fingerprint density at radius 2 is 1.90 bits per heavy atom. The van der Waals surface area contributed by atoms with Gasteiger partial charge in [0, 0.05) is 24.5 Å². The van der Waals surface area contributed by atoms with Crippen LogP contribution in [0.2, 0.25) is 0 Å². The molecule has 0 aliphatic carbocycles. The summed E-state index contributed by atoms with van der Waals surface area (Å²) in [6, 6.07) is 4.47. The molecule has 106 valence electrons. The number of aromatic nitrogens is 2. The molecule has 0 aliphatic rings. The summed E-state index contributed by atoms with van der Waals surface area (Å²) in [6.45, 7) is 4.12. The fraction of sp³-hybridized carbons (Fsp3) is 0.333. The van der Waals surface area contributed by atoms with Crippen molar-refractivity contribution in [1.82, 2.24) is 9.13 Å². The van der Waals surface area contributed by atoms with E-state index in [9.17, 15) is 14.0 Å². The second kappa shape index (κ2) is 5.86. The average Bonchev–Trinajstić information content (AvgIpc) is 2.44. The molecular formula is C15H17FN2O2. The monoisotopic (exact) mass is 276 g/mol. The molecule has 0 amide bonds. The third-order valence-corrected chi connectivity index (χ3v) is 3.31. The molecule has 1 aromatic carbocycles. The summed E-state index contributed by atoms with van der Waals surface area (Å²) >= 11 is 0. The molecule has 0 unspecified atom stereocenters. The summed E-state index contributed by atoms with van der Waals surface area (Å²) in [4.78, 5) is 24.1. The largest absolute Gasteiger partial charge is 0.320 e. The van der Waals surface area contributed by atoms with Crippen LogP contribution in [0.25, 0.3) is 5.69 Å². The Hall–Kier alpha value is -2.17. The summed E-state index contributed by atoms with van der Waals surface area (Å²) in [7, 11) is 0. The van der Waals surface area contributed by atoms with Gasteiger partial charge in [0.05, 0.1) is 5.69 Å².